The van der Waals surface area contributed by atoms with Crippen LogP contribution in [0.3, 0.4) is 0 Å². The van der Waals surface area contributed by atoms with E-state index in [1.54, 1.807) is 24.3 Å². The number of ketones is 2. The Morgan fingerprint density at radius 2 is 1.19 bits per heavy atom. The van der Waals surface area contributed by atoms with Crippen LogP contribution in [0.2, 0.25) is 0 Å². The summed E-state index contributed by atoms with van der Waals surface area (Å²) in [6, 6.07) is 19.5. The molecule has 4 heteroatoms. The van der Waals surface area contributed by atoms with Crippen molar-refractivity contribution in [3.63, 3.8) is 0 Å². The van der Waals surface area contributed by atoms with Crippen molar-refractivity contribution in [2.75, 3.05) is 0 Å². The van der Waals surface area contributed by atoms with Gasteiger partial charge in [-0.05, 0) is 54.1 Å². The maximum Gasteiger partial charge on any atom is 0.170 e. The molecule has 0 saturated heterocycles. The van der Waals surface area contributed by atoms with E-state index >= 15 is 0 Å². The number of halogens is 2. The standard InChI is InChI=1S/C22H16F2O2/c23-18-10-6-16(7-11-18)21(25)14-20(15-4-2-1-3-5-15)22(26)17-8-12-19(24)13-9-17/h1-13,20H,14H2. The van der Waals surface area contributed by atoms with Gasteiger partial charge in [-0.3, -0.25) is 9.59 Å². The molecule has 3 aromatic carbocycles. The lowest BCUT2D eigenvalue weighted by atomic mass is 9.85. The van der Waals surface area contributed by atoms with Crippen molar-refractivity contribution in [3.05, 3.63) is 107 Å². The summed E-state index contributed by atoms with van der Waals surface area (Å²) < 4.78 is 26.2. The molecular formula is C22H16F2O2. The maximum atomic E-state index is 13.1. The molecule has 0 fully saturated rings. The number of benzene rings is 3. The van der Waals surface area contributed by atoms with E-state index in [4.69, 9.17) is 0 Å². The molecule has 26 heavy (non-hydrogen) atoms. The van der Waals surface area contributed by atoms with Crippen LogP contribution in [0.5, 0.6) is 0 Å². The van der Waals surface area contributed by atoms with Gasteiger partial charge in [-0.15, -0.1) is 0 Å². The Balaban J connectivity index is 1.91. The third-order valence-corrected chi connectivity index (χ3v) is 4.20. The topological polar surface area (TPSA) is 34.1 Å². The van der Waals surface area contributed by atoms with Crippen molar-refractivity contribution >= 4 is 11.6 Å². The van der Waals surface area contributed by atoms with Gasteiger partial charge in [0.25, 0.3) is 0 Å². The van der Waals surface area contributed by atoms with Crippen molar-refractivity contribution in [3.8, 4) is 0 Å². The van der Waals surface area contributed by atoms with Crippen LogP contribution in [-0.4, -0.2) is 11.6 Å². The molecule has 3 rings (SSSR count). The fourth-order valence-corrected chi connectivity index (χ4v) is 2.80. The molecule has 0 bridgehead atoms. The van der Waals surface area contributed by atoms with Crippen molar-refractivity contribution in [2.45, 2.75) is 12.3 Å². The third kappa shape index (κ3) is 4.09. The molecule has 0 radical (unpaired) electrons. The van der Waals surface area contributed by atoms with Crippen molar-refractivity contribution in [2.24, 2.45) is 0 Å². The maximum absolute atomic E-state index is 13.1. The minimum Gasteiger partial charge on any atom is -0.294 e. The van der Waals surface area contributed by atoms with Crippen LogP contribution in [0.1, 0.15) is 38.6 Å². The highest BCUT2D eigenvalue weighted by atomic mass is 19.1. The van der Waals surface area contributed by atoms with Gasteiger partial charge in [-0.25, -0.2) is 8.78 Å². The van der Waals surface area contributed by atoms with E-state index in [0.717, 1.165) is 0 Å². The van der Waals surface area contributed by atoms with Crippen molar-refractivity contribution < 1.29 is 18.4 Å². The Morgan fingerprint density at radius 3 is 1.73 bits per heavy atom. The molecule has 0 aliphatic rings. The zero-order chi connectivity index (χ0) is 18.5. The molecule has 0 amide bonds. The average molecular weight is 350 g/mol. The van der Waals surface area contributed by atoms with Crippen LogP contribution in [0.4, 0.5) is 8.78 Å². The molecule has 0 N–H and O–H groups in total. The van der Waals surface area contributed by atoms with E-state index in [1.807, 2.05) is 6.07 Å². The molecular weight excluding hydrogens is 334 g/mol. The highest BCUT2D eigenvalue weighted by molar-refractivity contribution is 6.06. The van der Waals surface area contributed by atoms with E-state index in [9.17, 15) is 18.4 Å². The molecule has 3 aromatic rings. The van der Waals surface area contributed by atoms with E-state index in [-0.39, 0.29) is 18.0 Å². The Labute approximate surface area is 150 Å². The van der Waals surface area contributed by atoms with E-state index in [1.165, 1.54) is 48.5 Å². The number of carbonyl (C=O) groups excluding carboxylic acids is 2. The Kier molecular flexibility index (Phi) is 5.32. The smallest absolute Gasteiger partial charge is 0.170 e. The second-order valence-electron chi connectivity index (χ2n) is 5.97. The lowest BCUT2D eigenvalue weighted by Crippen LogP contribution is -2.17. The zero-order valence-corrected chi connectivity index (χ0v) is 13.9. The number of rotatable bonds is 6. The van der Waals surface area contributed by atoms with Crippen molar-refractivity contribution in [1.29, 1.82) is 0 Å². The number of Topliss-reactive ketones (excluding diaryl/α,β-unsaturated/α-hetero) is 2. The summed E-state index contributed by atoms with van der Waals surface area (Å²) in [6.07, 6.45) is -0.0497. The molecule has 0 aromatic heterocycles. The minimum atomic E-state index is -0.695. The molecule has 0 heterocycles. The van der Waals surface area contributed by atoms with Gasteiger partial charge in [-0.1, -0.05) is 30.3 Å². The molecule has 1 atom stereocenters. The van der Waals surface area contributed by atoms with Gasteiger partial charge in [0.05, 0.1) is 5.92 Å². The number of carbonyl (C=O) groups is 2. The summed E-state index contributed by atoms with van der Waals surface area (Å²) in [5.74, 6) is -2.07. The van der Waals surface area contributed by atoms with Gasteiger partial charge in [0.15, 0.2) is 11.6 Å². The third-order valence-electron chi connectivity index (χ3n) is 4.20. The monoisotopic (exact) mass is 350 g/mol. The highest BCUT2D eigenvalue weighted by Crippen LogP contribution is 2.26. The summed E-state index contributed by atoms with van der Waals surface area (Å²) in [6.45, 7) is 0. The Bertz CT molecular complexity index is 901. The summed E-state index contributed by atoms with van der Waals surface area (Å²) in [5.41, 5.74) is 1.39. The second kappa shape index (κ2) is 7.83. The first-order valence-corrected chi connectivity index (χ1v) is 8.18. The van der Waals surface area contributed by atoms with Crippen molar-refractivity contribution in [1.82, 2.24) is 0 Å². The van der Waals surface area contributed by atoms with E-state index < -0.39 is 17.6 Å². The van der Waals surface area contributed by atoms with Crippen LogP contribution in [0.25, 0.3) is 0 Å². The van der Waals surface area contributed by atoms with E-state index in [2.05, 4.69) is 0 Å². The SMILES string of the molecule is O=C(CC(C(=O)c1ccc(F)cc1)c1ccccc1)c1ccc(F)cc1. The fraction of sp³-hybridized carbons (Fsp3) is 0.0909. The van der Waals surface area contributed by atoms with Gasteiger partial charge in [-0.2, -0.15) is 0 Å². The molecule has 2 nitrogen and oxygen atoms in total. The second-order valence-corrected chi connectivity index (χ2v) is 5.97. The molecule has 0 spiro atoms. The quantitative estimate of drug-likeness (QED) is 0.572. The first kappa shape index (κ1) is 17.7. The summed E-state index contributed by atoms with van der Waals surface area (Å²) in [7, 11) is 0. The molecule has 1 unspecified atom stereocenters. The fourth-order valence-electron chi connectivity index (χ4n) is 2.80. The number of hydrogen-bond donors (Lipinski definition) is 0. The molecule has 0 aliphatic carbocycles. The van der Waals surface area contributed by atoms with Gasteiger partial charge < -0.3 is 0 Å². The van der Waals surface area contributed by atoms with Gasteiger partial charge in [0.2, 0.25) is 0 Å². The molecule has 0 saturated carbocycles. The first-order chi connectivity index (χ1) is 12.5. The van der Waals surface area contributed by atoms with Gasteiger partial charge in [0, 0.05) is 17.5 Å². The summed E-state index contributed by atoms with van der Waals surface area (Å²) >= 11 is 0. The summed E-state index contributed by atoms with van der Waals surface area (Å²) in [5, 5.41) is 0. The predicted octanol–water partition coefficient (Wildman–Crippen LogP) is 5.20. The first-order valence-electron chi connectivity index (χ1n) is 8.18. The highest BCUT2D eigenvalue weighted by Gasteiger charge is 2.25. The van der Waals surface area contributed by atoms with Crippen LogP contribution in [-0.2, 0) is 0 Å². The van der Waals surface area contributed by atoms with Crippen LogP contribution in [0.15, 0.2) is 78.9 Å². The minimum absolute atomic E-state index is 0.0497. The van der Waals surface area contributed by atoms with Crippen LogP contribution >= 0.6 is 0 Å². The zero-order valence-electron chi connectivity index (χ0n) is 13.9. The lowest BCUT2D eigenvalue weighted by Gasteiger charge is -2.16. The van der Waals surface area contributed by atoms with Gasteiger partial charge >= 0.3 is 0 Å². The predicted molar refractivity (Wildman–Crippen MR) is 95.3 cm³/mol. The largest absolute Gasteiger partial charge is 0.294 e. The summed E-state index contributed by atoms with van der Waals surface area (Å²) in [4.78, 5) is 25.5. The molecule has 0 aliphatic heterocycles. The average Bonchev–Trinajstić information content (AvgIpc) is 2.67. The van der Waals surface area contributed by atoms with Crippen LogP contribution in [0, 0.1) is 11.6 Å². The van der Waals surface area contributed by atoms with Crippen LogP contribution < -0.4 is 0 Å². The molecule has 130 valence electrons. The number of hydrogen-bond acceptors (Lipinski definition) is 2. The van der Waals surface area contributed by atoms with E-state index in [0.29, 0.717) is 16.7 Å². The Hall–Kier alpha value is -3.14. The Morgan fingerprint density at radius 1 is 0.692 bits per heavy atom. The van der Waals surface area contributed by atoms with Gasteiger partial charge in [0.1, 0.15) is 11.6 Å². The normalized spacial score (nSPS) is 11.8. The lowest BCUT2D eigenvalue weighted by molar-refractivity contribution is 0.0893.